The van der Waals surface area contributed by atoms with Crippen molar-refractivity contribution in [1.29, 1.82) is 0 Å². The number of carbonyl (C=O) groups is 1. The SMILES string of the molecule is O=C(C1CCC(C(F)(F)F)CC1)N(CCO)CCO. The number of carbonyl (C=O) groups excluding carboxylic acids is 1. The van der Waals surface area contributed by atoms with E-state index in [9.17, 15) is 18.0 Å². The third-order valence-corrected chi connectivity index (χ3v) is 3.59. The van der Waals surface area contributed by atoms with Crippen molar-refractivity contribution in [2.45, 2.75) is 31.9 Å². The molecule has 7 heteroatoms. The summed E-state index contributed by atoms with van der Waals surface area (Å²) in [6.07, 6.45) is -3.78. The first-order valence-electron chi connectivity index (χ1n) is 6.47. The number of halogens is 3. The maximum atomic E-state index is 12.5. The average molecular weight is 283 g/mol. The number of aliphatic hydroxyl groups excluding tert-OH is 2. The van der Waals surface area contributed by atoms with E-state index in [1.54, 1.807) is 0 Å². The Morgan fingerprint density at radius 3 is 1.89 bits per heavy atom. The molecule has 0 saturated heterocycles. The van der Waals surface area contributed by atoms with E-state index in [2.05, 4.69) is 0 Å². The fourth-order valence-corrected chi connectivity index (χ4v) is 2.50. The number of alkyl halides is 3. The van der Waals surface area contributed by atoms with Crippen molar-refractivity contribution in [3.05, 3.63) is 0 Å². The highest BCUT2D eigenvalue weighted by Gasteiger charge is 2.42. The molecule has 0 radical (unpaired) electrons. The number of amides is 1. The molecule has 0 aromatic heterocycles. The van der Waals surface area contributed by atoms with Gasteiger partial charge in [-0.25, -0.2) is 0 Å². The Hall–Kier alpha value is -0.820. The minimum Gasteiger partial charge on any atom is -0.395 e. The first-order chi connectivity index (χ1) is 8.90. The first kappa shape index (κ1) is 16.2. The first-order valence-corrected chi connectivity index (χ1v) is 6.47. The molecule has 0 spiro atoms. The highest BCUT2D eigenvalue weighted by molar-refractivity contribution is 5.78. The normalized spacial score (nSPS) is 24.3. The summed E-state index contributed by atoms with van der Waals surface area (Å²) in [7, 11) is 0. The molecule has 19 heavy (non-hydrogen) atoms. The summed E-state index contributed by atoms with van der Waals surface area (Å²) in [5, 5.41) is 17.7. The third kappa shape index (κ3) is 4.65. The minimum absolute atomic E-state index is 0.0218. The van der Waals surface area contributed by atoms with Crippen LogP contribution in [0.25, 0.3) is 0 Å². The van der Waals surface area contributed by atoms with Crippen LogP contribution in [-0.4, -0.2) is 53.5 Å². The third-order valence-electron chi connectivity index (χ3n) is 3.59. The van der Waals surface area contributed by atoms with Gasteiger partial charge in [0.25, 0.3) is 0 Å². The van der Waals surface area contributed by atoms with Crippen LogP contribution in [0, 0.1) is 11.8 Å². The Labute approximate surface area is 110 Å². The largest absolute Gasteiger partial charge is 0.395 e. The number of hydrogen-bond acceptors (Lipinski definition) is 3. The predicted molar refractivity (Wildman–Crippen MR) is 62.3 cm³/mol. The molecule has 0 bridgehead atoms. The lowest BCUT2D eigenvalue weighted by Gasteiger charge is -2.32. The Morgan fingerprint density at radius 1 is 1.05 bits per heavy atom. The van der Waals surface area contributed by atoms with Gasteiger partial charge in [-0.05, 0) is 25.7 Å². The Morgan fingerprint density at radius 2 is 1.53 bits per heavy atom. The summed E-state index contributed by atoms with van der Waals surface area (Å²) in [4.78, 5) is 13.4. The quantitative estimate of drug-likeness (QED) is 0.796. The Kier molecular flexibility index (Phi) is 6.06. The highest BCUT2D eigenvalue weighted by Crippen LogP contribution is 2.39. The van der Waals surface area contributed by atoms with E-state index >= 15 is 0 Å². The van der Waals surface area contributed by atoms with Crippen molar-refractivity contribution in [1.82, 2.24) is 4.90 Å². The molecule has 0 heterocycles. The Balaban J connectivity index is 2.51. The van der Waals surface area contributed by atoms with Gasteiger partial charge in [0.15, 0.2) is 0 Å². The average Bonchev–Trinajstić information content (AvgIpc) is 2.37. The van der Waals surface area contributed by atoms with Crippen LogP contribution in [0.15, 0.2) is 0 Å². The molecule has 1 saturated carbocycles. The smallest absolute Gasteiger partial charge is 0.391 e. The van der Waals surface area contributed by atoms with E-state index in [0.29, 0.717) is 0 Å². The van der Waals surface area contributed by atoms with Gasteiger partial charge in [0.05, 0.1) is 19.1 Å². The van der Waals surface area contributed by atoms with Gasteiger partial charge in [-0.3, -0.25) is 4.79 Å². The molecule has 1 rings (SSSR count). The molecule has 4 nitrogen and oxygen atoms in total. The second-order valence-electron chi connectivity index (χ2n) is 4.86. The van der Waals surface area contributed by atoms with Gasteiger partial charge in [0.1, 0.15) is 0 Å². The van der Waals surface area contributed by atoms with Gasteiger partial charge in [-0.15, -0.1) is 0 Å². The number of hydrogen-bond donors (Lipinski definition) is 2. The van der Waals surface area contributed by atoms with E-state index in [4.69, 9.17) is 10.2 Å². The van der Waals surface area contributed by atoms with Crippen molar-refractivity contribution < 1.29 is 28.2 Å². The summed E-state index contributed by atoms with van der Waals surface area (Å²) in [6, 6.07) is 0. The van der Waals surface area contributed by atoms with Crippen LogP contribution in [0.3, 0.4) is 0 Å². The molecule has 1 aliphatic carbocycles. The second-order valence-corrected chi connectivity index (χ2v) is 4.86. The van der Waals surface area contributed by atoms with Gasteiger partial charge in [0, 0.05) is 19.0 Å². The van der Waals surface area contributed by atoms with Crippen LogP contribution in [0.1, 0.15) is 25.7 Å². The van der Waals surface area contributed by atoms with Gasteiger partial charge in [0.2, 0.25) is 5.91 Å². The molecular formula is C12H20F3NO3. The summed E-state index contributed by atoms with van der Waals surface area (Å²) >= 11 is 0. The van der Waals surface area contributed by atoms with E-state index in [-0.39, 0.29) is 57.9 Å². The number of aliphatic hydroxyl groups is 2. The Bertz CT molecular complexity index is 282. The highest BCUT2D eigenvalue weighted by atomic mass is 19.4. The van der Waals surface area contributed by atoms with Crippen LogP contribution < -0.4 is 0 Å². The molecule has 1 fully saturated rings. The van der Waals surface area contributed by atoms with Crippen molar-refractivity contribution >= 4 is 5.91 Å². The lowest BCUT2D eigenvalue weighted by Crippen LogP contribution is -2.41. The van der Waals surface area contributed by atoms with Gasteiger partial charge < -0.3 is 15.1 Å². The summed E-state index contributed by atoms with van der Waals surface area (Å²) < 4.78 is 37.5. The van der Waals surface area contributed by atoms with Crippen molar-refractivity contribution in [2.24, 2.45) is 11.8 Å². The van der Waals surface area contributed by atoms with E-state index in [1.807, 2.05) is 0 Å². The lowest BCUT2D eigenvalue weighted by molar-refractivity contribution is -0.185. The maximum Gasteiger partial charge on any atom is 0.391 e. The molecule has 0 aromatic rings. The molecule has 0 aromatic carbocycles. The van der Waals surface area contributed by atoms with Gasteiger partial charge in [-0.2, -0.15) is 13.2 Å². The second kappa shape index (κ2) is 7.09. The van der Waals surface area contributed by atoms with Gasteiger partial charge in [-0.1, -0.05) is 0 Å². The molecule has 0 aliphatic heterocycles. The zero-order valence-corrected chi connectivity index (χ0v) is 10.7. The molecule has 2 N–H and O–H groups in total. The van der Waals surface area contributed by atoms with Crippen LogP contribution in [0.4, 0.5) is 13.2 Å². The maximum absolute atomic E-state index is 12.5. The summed E-state index contributed by atoms with van der Waals surface area (Å²) in [6.45, 7) is -0.218. The molecular weight excluding hydrogens is 263 g/mol. The molecule has 1 aliphatic rings. The monoisotopic (exact) mass is 283 g/mol. The van der Waals surface area contributed by atoms with Crippen molar-refractivity contribution in [3.8, 4) is 0 Å². The zero-order chi connectivity index (χ0) is 14.5. The van der Waals surface area contributed by atoms with E-state index < -0.39 is 18.0 Å². The van der Waals surface area contributed by atoms with Crippen LogP contribution >= 0.6 is 0 Å². The lowest BCUT2D eigenvalue weighted by atomic mass is 9.81. The summed E-state index contributed by atoms with van der Waals surface area (Å²) in [5.41, 5.74) is 0. The van der Waals surface area contributed by atoms with Crippen LogP contribution in [0.2, 0.25) is 0 Å². The topological polar surface area (TPSA) is 60.8 Å². The fourth-order valence-electron chi connectivity index (χ4n) is 2.50. The van der Waals surface area contributed by atoms with E-state index in [1.165, 1.54) is 4.90 Å². The van der Waals surface area contributed by atoms with Crippen molar-refractivity contribution in [2.75, 3.05) is 26.3 Å². The predicted octanol–water partition coefficient (Wildman–Crippen LogP) is 1.17. The molecule has 0 unspecified atom stereocenters. The molecule has 112 valence electrons. The van der Waals surface area contributed by atoms with Crippen LogP contribution in [-0.2, 0) is 4.79 Å². The standard InChI is InChI=1S/C12H20F3NO3/c13-12(14,15)10-3-1-9(2-4-10)11(19)16(5-7-17)6-8-18/h9-10,17-18H,1-8H2. The zero-order valence-electron chi connectivity index (χ0n) is 10.7. The van der Waals surface area contributed by atoms with Crippen LogP contribution in [0.5, 0.6) is 0 Å². The fraction of sp³-hybridized carbons (Fsp3) is 0.917. The van der Waals surface area contributed by atoms with Crippen molar-refractivity contribution in [3.63, 3.8) is 0 Å². The summed E-state index contributed by atoms with van der Waals surface area (Å²) in [5.74, 6) is -1.99. The minimum atomic E-state index is -4.18. The molecule has 1 amide bonds. The number of rotatable bonds is 5. The molecule has 0 atom stereocenters. The van der Waals surface area contributed by atoms with Gasteiger partial charge >= 0.3 is 6.18 Å². The van der Waals surface area contributed by atoms with E-state index in [0.717, 1.165) is 0 Å². The number of nitrogens with zero attached hydrogens (tertiary/aromatic N) is 1.